The number of aliphatic hydroxyl groups excluding tert-OH is 1. The van der Waals surface area contributed by atoms with Crippen LogP contribution < -0.4 is 15.5 Å². The van der Waals surface area contributed by atoms with Crippen molar-refractivity contribution >= 4 is 34.8 Å². The van der Waals surface area contributed by atoms with E-state index in [2.05, 4.69) is 10.6 Å². The first kappa shape index (κ1) is 33.5. The fourth-order valence-corrected chi connectivity index (χ4v) is 6.08. The van der Waals surface area contributed by atoms with Crippen molar-refractivity contribution in [2.75, 3.05) is 29.9 Å². The molecule has 0 bridgehead atoms. The van der Waals surface area contributed by atoms with Crippen LogP contribution in [0.15, 0.2) is 84.9 Å². The third-order valence-electron chi connectivity index (χ3n) is 8.72. The number of fused-ring (bicyclic) bond motifs is 1. The third-order valence-corrected chi connectivity index (χ3v) is 8.72. The molecule has 3 amide bonds. The number of non-ortho nitro benzene ring substituents is 1. The maximum Gasteiger partial charge on any atom is 0.269 e. The molecule has 3 aromatic rings. The van der Waals surface area contributed by atoms with Gasteiger partial charge in [0.15, 0.2) is 5.60 Å². The molecule has 47 heavy (non-hydrogen) atoms. The van der Waals surface area contributed by atoms with Crippen LogP contribution in [0, 0.1) is 16.0 Å². The molecule has 0 aliphatic carbocycles. The minimum absolute atomic E-state index is 0.0351. The predicted molar refractivity (Wildman–Crippen MR) is 176 cm³/mol. The number of nitrogens with zero attached hydrogens (tertiary/aromatic N) is 3. The lowest BCUT2D eigenvalue weighted by atomic mass is 9.82. The summed E-state index contributed by atoms with van der Waals surface area (Å²) in [6.45, 7) is 2.78. The van der Waals surface area contributed by atoms with Crippen LogP contribution in [-0.4, -0.2) is 63.5 Å². The van der Waals surface area contributed by atoms with E-state index >= 15 is 0 Å². The number of carbonyl (C=O) groups is 3. The second kappa shape index (κ2) is 14.7. The van der Waals surface area contributed by atoms with Gasteiger partial charge < -0.3 is 30.6 Å². The number of carbonyl (C=O) groups excluding carboxylic acids is 3. The van der Waals surface area contributed by atoms with Gasteiger partial charge in [0, 0.05) is 48.8 Å². The van der Waals surface area contributed by atoms with Crippen LogP contribution in [0.25, 0.3) is 0 Å². The van der Waals surface area contributed by atoms with E-state index < -0.39 is 22.3 Å². The molecule has 12 nitrogen and oxygen atoms in total. The summed E-state index contributed by atoms with van der Waals surface area (Å²) in [7, 11) is 0. The van der Waals surface area contributed by atoms with Crippen molar-refractivity contribution in [3.8, 4) is 0 Å². The molecule has 0 radical (unpaired) electrons. The normalized spacial score (nSPS) is 19.5. The number of nitro benzene ring substituents is 1. The number of benzene rings is 3. The standard InChI is InChI=1S/C35H39N5O7/c1-24(7-5-11-32(42)38(19-20-41)22-25-8-3-2-4-9-25)35(45)29-21-28(40(46)47)16-17-31(29)39(34(35)44)23-26-12-14-27(15-13-26)37-33(43)30-10-6-18-36-30/h2-5,7-9,12-17,21,24,30,36,41,45H,6,10-11,18-20,22-23H2,1H3,(H,37,43)/b7-5+/t24-,30-,35+/m1/s1. The Hall–Kier alpha value is -4.91. The summed E-state index contributed by atoms with van der Waals surface area (Å²) in [6.07, 6.45) is 4.83. The zero-order valence-corrected chi connectivity index (χ0v) is 26.2. The van der Waals surface area contributed by atoms with E-state index in [9.17, 15) is 34.7 Å². The van der Waals surface area contributed by atoms with Crippen LogP contribution in [-0.2, 0) is 33.1 Å². The Bertz CT molecular complexity index is 1640. The fourth-order valence-electron chi connectivity index (χ4n) is 6.08. The zero-order chi connectivity index (χ0) is 33.6. The number of nitro groups is 1. The predicted octanol–water partition coefficient (Wildman–Crippen LogP) is 3.62. The summed E-state index contributed by atoms with van der Waals surface area (Å²) in [5.41, 5.74) is 0.317. The van der Waals surface area contributed by atoms with Crippen LogP contribution in [0.3, 0.4) is 0 Å². The van der Waals surface area contributed by atoms with E-state index in [1.54, 1.807) is 43.3 Å². The Morgan fingerprint density at radius 2 is 1.89 bits per heavy atom. The van der Waals surface area contributed by atoms with E-state index in [-0.39, 0.29) is 55.2 Å². The molecule has 5 rings (SSSR count). The molecule has 246 valence electrons. The second-order valence-electron chi connectivity index (χ2n) is 11.9. The summed E-state index contributed by atoms with van der Waals surface area (Å²) in [5.74, 6) is -1.85. The molecule has 2 aliphatic heterocycles. The molecule has 1 saturated heterocycles. The van der Waals surface area contributed by atoms with Gasteiger partial charge in [0.1, 0.15) is 0 Å². The summed E-state index contributed by atoms with van der Waals surface area (Å²) in [6, 6.07) is 20.2. The highest BCUT2D eigenvalue weighted by Gasteiger charge is 2.53. The van der Waals surface area contributed by atoms with Crippen LogP contribution in [0.1, 0.15) is 42.9 Å². The maximum atomic E-state index is 14.0. The molecule has 0 aromatic heterocycles. The van der Waals surface area contributed by atoms with Gasteiger partial charge >= 0.3 is 0 Å². The number of amides is 3. The summed E-state index contributed by atoms with van der Waals surface area (Å²) in [5, 5.41) is 39.2. The molecule has 2 aliphatic rings. The molecule has 3 atom stereocenters. The summed E-state index contributed by atoms with van der Waals surface area (Å²) in [4.78, 5) is 53.5. The SMILES string of the molecule is C[C@H](/C=C/CC(=O)N(CCO)Cc1ccccc1)[C@@]1(O)C(=O)N(Cc2ccc(NC(=O)[C@H]3CCCN3)cc2)c2ccc([N+](=O)[O-])cc21. The minimum atomic E-state index is -2.13. The molecule has 0 spiro atoms. The van der Waals surface area contributed by atoms with Gasteiger partial charge in [-0.3, -0.25) is 24.5 Å². The van der Waals surface area contributed by atoms with Gasteiger partial charge in [-0.2, -0.15) is 0 Å². The van der Waals surface area contributed by atoms with E-state index in [4.69, 9.17) is 0 Å². The lowest BCUT2D eigenvalue weighted by Crippen LogP contribution is -2.44. The lowest BCUT2D eigenvalue weighted by Gasteiger charge is -2.28. The Labute approximate surface area is 272 Å². The van der Waals surface area contributed by atoms with Crippen molar-refractivity contribution < 1.29 is 29.5 Å². The van der Waals surface area contributed by atoms with Crippen molar-refractivity contribution in [2.24, 2.45) is 5.92 Å². The van der Waals surface area contributed by atoms with Gasteiger partial charge in [-0.25, -0.2) is 0 Å². The van der Waals surface area contributed by atoms with Gasteiger partial charge in [0.2, 0.25) is 11.8 Å². The maximum absolute atomic E-state index is 14.0. The fraction of sp³-hybridized carbons (Fsp3) is 0.343. The van der Waals surface area contributed by atoms with Gasteiger partial charge in [-0.05, 0) is 48.7 Å². The molecule has 3 aromatic carbocycles. The van der Waals surface area contributed by atoms with Crippen LogP contribution in [0.4, 0.5) is 17.1 Å². The van der Waals surface area contributed by atoms with Gasteiger partial charge in [0.05, 0.1) is 29.8 Å². The Kier molecular flexibility index (Phi) is 10.4. The van der Waals surface area contributed by atoms with E-state index in [0.717, 1.165) is 30.5 Å². The molecule has 0 saturated carbocycles. The first-order valence-corrected chi connectivity index (χ1v) is 15.7. The van der Waals surface area contributed by atoms with Crippen LogP contribution in [0.5, 0.6) is 0 Å². The molecule has 2 heterocycles. The summed E-state index contributed by atoms with van der Waals surface area (Å²) < 4.78 is 0. The number of rotatable bonds is 13. The van der Waals surface area contributed by atoms with E-state index in [1.165, 1.54) is 28.0 Å². The van der Waals surface area contributed by atoms with Crippen molar-refractivity contribution in [3.63, 3.8) is 0 Å². The van der Waals surface area contributed by atoms with E-state index in [0.29, 0.717) is 17.9 Å². The highest BCUT2D eigenvalue weighted by Crippen LogP contribution is 2.47. The summed E-state index contributed by atoms with van der Waals surface area (Å²) >= 11 is 0. The largest absolute Gasteiger partial charge is 0.395 e. The molecular formula is C35H39N5O7. The third kappa shape index (κ3) is 7.40. The Balaban J connectivity index is 1.32. The second-order valence-corrected chi connectivity index (χ2v) is 11.9. The van der Waals surface area contributed by atoms with Crippen LogP contribution in [0.2, 0.25) is 0 Å². The monoisotopic (exact) mass is 641 g/mol. The number of aliphatic hydroxyl groups is 2. The van der Waals surface area contributed by atoms with Crippen molar-refractivity contribution in [3.05, 3.63) is 112 Å². The molecular weight excluding hydrogens is 602 g/mol. The Morgan fingerprint density at radius 1 is 1.15 bits per heavy atom. The smallest absolute Gasteiger partial charge is 0.269 e. The number of nitrogens with one attached hydrogen (secondary N) is 2. The molecule has 4 N–H and O–H groups in total. The average molecular weight is 642 g/mol. The quantitative estimate of drug-likeness (QED) is 0.125. The van der Waals surface area contributed by atoms with E-state index in [1.807, 2.05) is 30.3 Å². The first-order chi connectivity index (χ1) is 22.6. The molecule has 0 unspecified atom stereocenters. The average Bonchev–Trinajstić information content (AvgIpc) is 3.69. The van der Waals surface area contributed by atoms with Crippen LogP contribution >= 0.6 is 0 Å². The highest BCUT2D eigenvalue weighted by atomic mass is 16.6. The number of anilines is 2. The van der Waals surface area contributed by atoms with Crippen molar-refractivity contribution in [1.29, 1.82) is 0 Å². The Morgan fingerprint density at radius 3 is 2.55 bits per heavy atom. The first-order valence-electron chi connectivity index (χ1n) is 15.7. The topological polar surface area (TPSA) is 165 Å². The number of hydrogen-bond donors (Lipinski definition) is 4. The zero-order valence-electron chi connectivity index (χ0n) is 26.2. The highest BCUT2D eigenvalue weighted by molar-refractivity contribution is 6.07. The number of hydrogen-bond acceptors (Lipinski definition) is 8. The lowest BCUT2D eigenvalue weighted by molar-refractivity contribution is -0.385. The van der Waals surface area contributed by atoms with Gasteiger partial charge in [-0.1, -0.05) is 61.5 Å². The van der Waals surface area contributed by atoms with Crippen molar-refractivity contribution in [2.45, 2.75) is 50.9 Å². The minimum Gasteiger partial charge on any atom is -0.395 e. The van der Waals surface area contributed by atoms with Gasteiger partial charge in [0.25, 0.3) is 11.6 Å². The molecule has 1 fully saturated rings. The van der Waals surface area contributed by atoms with Crippen molar-refractivity contribution in [1.82, 2.24) is 10.2 Å². The van der Waals surface area contributed by atoms with Gasteiger partial charge in [-0.15, -0.1) is 0 Å². The molecule has 12 heteroatoms.